The van der Waals surface area contributed by atoms with Gasteiger partial charge in [0, 0.05) is 17.6 Å². The molecule has 0 aromatic heterocycles. The van der Waals surface area contributed by atoms with Crippen LogP contribution in [0.2, 0.25) is 0 Å². The maximum Gasteiger partial charge on any atom is 0.231 e. The number of ether oxygens (including phenoxy) is 3. The third kappa shape index (κ3) is 3.89. The van der Waals surface area contributed by atoms with Gasteiger partial charge in [-0.3, -0.25) is 0 Å². The zero-order valence-corrected chi connectivity index (χ0v) is 13.1. The minimum atomic E-state index is 0.312. The minimum Gasteiger partial charge on any atom is -0.492 e. The van der Waals surface area contributed by atoms with E-state index in [1.807, 2.05) is 42.5 Å². The molecular formula is C16H16BrNO3. The summed E-state index contributed by atoms with van der Waals surface area (Å²) in [5.74, 6) is 2.51. The summed E-state index contributed by atoms with van der Waals surface area (Å²) < 4.78 is 17.3. The first kappa shape index (κ1) is 14.2. The van der Waals surface area contributed by atoms with Gasteiger partial charge in [-0.1, -0.05) is 28.1 Å². The highest BCUT2D eigenvalue weighted by Gasteiger charge is 2.12. The Morgan fingerprint density at radius 1 is 1.10 bits per heavy atom. The van der Waals surface area contributed by atoms with Gasteiger partial charge in [-0.2, -0.15) is 0 Å². The molecule has 0 saturated heterocycles. The second kappa shape index (κ2) is 6.83. The van der Waals surface area contributed by atoms with Gasteiger partial charge < -0.3 is 19.5 Å². The summed E-state index contributed by atoms with van der Waals surface area (Å²) in [5, 5.41) is 3.34. The summed E-state index contributed by atoms with van der Waals surface area (Å²) in [5.41, 5.74) is 1.17. The molecule has 4 nitrogen and oxygen atoms in total. The highest BCUT2D eigenvalue weighted by Crippen LogP contribution is 2.32. The van der Waals surface area contributed by atoms with Gasteiger partial charge in [-0.05, 0) is 35.9 Å². The van der Waals surface area contributed by atoms with Crippen molar-refractivity contribution in [2.75, 3.05) is 19.9 Å². The summed E-state index contributed by atoms with van der Waals surface area (Å²) in [6.07, 6.45) is 0. The van der Waals surface area contributed by atoms with Crippen LogP contribution in [0, 0.1) is 0 Å². The molecular weight excluding hydrogens is 334 g/mol. The quantitative estimate of drug-likeness (QED) is 0.812. The Kier molecular flexibility index (Phi) is 4.62. The third-order valence-corrected chi connectivity index (χ3v) is 3.60. The van der Waals surface area contributed by atoms with Crippen LogP contribution in [-0.4, -0.2) is 19.9 Å². The van der Waals surface area contributed by atoms with Crippen molar-refractivity contribution in [3.63, 3.8) is 0 Å². The fraction of sp³-hybridized carbons (Fsp3) is 0.250. The molecule has 0 aliphatic carbocycles. The molecule has 5 heteroatoms. The average Bonchev–Trinajstić information content (AvgIpc) is 2.94. The molecule has 0 unspecified atom stereocenters. The lowest BCUT2D eigenvalue weighted by molar-refractivity contribution is 0.174. The van der Waals surface area contributed by atoms with E-state index in [-0.39, 0.29) is 0 Å². The highest BCUT2D eigenvalue weighted by atomic mass is 79.9. The number of halogens is 1. The van der Waals surface area contributed by atoms with Crippen LogP contribution in [0.5, 0.6) is 17.2 Å². The summed E-state index contributed by atoms with van der Waals surface area (Å²) in [6, 6.07) is 13.8. The molecule has 1 heterocycles. The Morgan fingerprint density at radius 2 is 2.00 bits per heavy atom. The Morgan fingerprint density at radius 3 is 2.90 bits per heavy atom. The lowest BCUT2D eigenvalue weighted by Crippen LogP contribution is -2.20. The van der Waals surface area contributed by atoms with Gasteiger partial charge in [0.1, 0.15) is 12.4 Å². The van der Waals surface area contributed by atoms with Crippen LogP contribution in [0.1, 0.15) is 5.56 Å². The summed E-state index contributed by atoms with van der Waals surface area (Å²) in [6.45, 7) is 2.49. The second-order valence-corrected chi connectivity index (χ2v) is 5.59. The normalized spacial score (nSPS) is 12.4. The maximum absolute atomic E-state index is 5.66. The van der Waals surface area contributed by atoms with Gasteiger partial charge in [-0.15, -0.1) is 0 Å². The largest absolute Gasteiger partial charge is 0.492 e. The molecule has 0 radical (unpaired) electrons. The topological polar surface area (TPSA) is 39.7 Å². The molecule has 0 bridgehead atoms. The van der Waals surface area contributed by atoms with Crippen LogP contribution in [0.3, 0.4) is 0 Å². The van der Waals surface area contributed by atoms with Crippen molar-refractivity contribution in [1.29, 1.82) is 0 Å². The van der Waals surface area contributed by atoms with Crippen molar-refractivity contribution in [3.8, 4) is 17.2 Å². The standard InChI is InChI=1S/C16H16BrNO3/c17-13-2-1-3-14(9-13)19-7-6-18-10-12-4-5-15-16(8-12)21-11-20-15/h1-5,8-9,18H,6-7,10-11H2. The zero-order valence-electron chi connectivity index (χ0n) is 11.5. The van der Waals surface area contributed by atoms with E-state index in [1.165, 1.54) is 5.56 Å². The van der Waals surface area contributed by atoms with Crippen molar-refractivity contribution in [1.82, 2.24) is 5.32 Å². The smallest absolute Gasteiger partial charge is 0.231 e. The number of hydrogen-bond acceptors (Lipinski definition) is 4. The Labute approximate surface area is 132 Å². The number of fused-ring (bicyclic) bond motifs is 1. The van der Waals surface area contributed by atoms with Crippen molar-refractivity contribution in [2.24, 2.45) is 0 Å². The summed E-state index contributed by atoms with van der Waals surface area (Å²) in [4.78, 5) is 0. The monoisotopic (exact) mass is 349 g/mol. The Balaban J connectivity index is 1.40. The van der Waals surface area contributed by atoms with Crippen LogP contribution in [0.15, 0.2) is 46.9 Å². The molecule has 2 aromatic rings. The van der Waals surface area contributed by atoms with Crippen LogP contribution in [0.4, 0.5) is 0 Å². The van der Waals surface area contributed by atoms with Gasteiger partial charge >= 0.3 is 0 Å². The van der Waals surface area contributed by atoms with E-state index in [4.69, 9.17) is 14.2 Å². The second-order valence-electron chi connectivity index (χ2n) is 4.67. The third-order valence-electron chi connectivity index (χ3n) is 3.11. The minimum absolute atomic E-state index is 0.312. The maximum atomic E-state index is 5.66. The van der Waals surface area contributed by atoms with E-state index in [0.717, 1.165) is 34.8 Å². The molecule has 0 atom stereocenters. The predicted molar refractivity (Wildman–Crippen MR) is 83.9 cm³/mol. The Bertz CT molecular complexity index is 618. The number of benzene rings is 2. The van der Waals surface area contributed by atoms with E-state index < -0.39 is 0 Å². The first-order valence-corrected chi connectivity index (χ1v) is 7.58. The van der Waals surface area contributed by atoms with Crippen LogP contribution < -0.4 is 19.5 Å². The molecule has 0 saturated carbocycles. The fourth-order valence-corrected chi connectivity index (χ4v) is 2.46. The van der Waals surface area contributed by atoms with E-state index in [9.17, 15) is 0 Å². The molecule has 1 aliphatic heterocycles. The van der Waals surface area contributed by atoms with E-state index in [2.05, 4.69) is 21.2 Å². The lowest BCUT2D eigenvalue weighted by Gasteiger charge is -2.08. The van der Waals surface area contributed by atoms with E-state index in [1.54, 1.807) is 0 Å². The Hall–Kier alpha value is -1.72. The lowest BCUT2D eigenvalue weighted by atomic mass is 10.2. The van der Waals surface area contributed by atoms with Crippen LogP contribution in [-0.2, 0) is 6.54 Å². The van der Waals surface area contributed by atoms with Crippen molar-refractivity contribution < 1.29 is 14.2 Å². The summed E-state index contributed by atoms with van der Waals surface area (Å²) in [7, 11) is 0. The first-order chi connectivity index (χ1) is 10.3. The van der Waals surface area contributed by atoms with Crippen LogP contribution >= 0.6 is 15.9 Å². The van der Waals surface area contributed by atoms with E-state index >= 15 is 0 Å². The predicted octanol–water partition coefficient (Wildman–Crippen LogP) is 3.35. The summed E-state index contributed by atoms with van der Waals surface area (Å²) >= 11 is 3.42. The number of rotatable bonds is 6. The van der Waals surface area contributed by atoms with Gasteiger partial charge in [0.15, 0.2) is 11.5 Å². The van der Waals surface area contributed by atoms with Gasteiger partial charge in [0.2, 0.25) is 6.79 Å². The molecule has 21 heavy (non-hydrogen) atoms. The molecule has 0 amide bonds. The van der Waals surface area contributed by atoms with E-state index in [0.29, 0.717) is 13.4 Å². The van der Waals surface area contributed by atoms with Crippen molar-refractivity contribution in [2.45, 2.75) is 6.54 Å². The van der Waals surface area contributed by atoms with Gasteiger partial charge in [0.05, 0.1) is 0 Å². The zero-order chi connectivity index (χ0) is 14.5. The van der Waals surface area contributed by atoms with Crippen molar-refractivity contribution in [3.05, 3.63) is 52.5 Å². The fourth-order valence-electron chi connectivity index (χ4n) is 2.08. The van der Waals surface area contributed by atoms with Crippen molar-refractivity contribution >= 4 is 15.9 Å². The average molecular weight is 350 g/mol. The molecule has 0 spiro atoms. The molecule has 1 aliphatic rings. The molecule has 110 valence electrons. The number of hydrogen-bond donors (Lipinski definition) is 1. The SMILES string of the molecule is Brc1cccc(OCCNCc2ccc3c(c2)OCO3)c1. The highest BCUT2D eigenvalue weighted by molar-refractivity contribution is 9.10. The van der Waals surface area contributed by atoms with Gasteiger partial charge in [-0.25, -0.2) is 0 Å². The van der Waals surface area contributed by atoms with Crippen LogP contribution in [0.25, 0.3) is 0 Å². The molecule has 1 N–H and O–H groups in total. The van der Waals surface area contributed by atoms with Gasteiger partial charge in [0.25, 0.3) is 0 Å². The number of nitrogens with one attached hydrogen (secondary N) is 1. The first-order valence-electron chi connectivity index (χ1n) is 6.79. The molecule has 3 rings (SSSR count). The molecule has 2 aromatic carbocycles. The molecule has 0 fully saturated rings.